The van der Waals surface area contributed by atoms with E-state index in [9.17, 15) is 14.9 Å². The largest absolute Gasteiger partial charge is 0.294 e. The van der Waals surface area contributed by atoms with Crippen LogP contribution in [-0.2, 0) is 6.42 Å². The number of carbonyl (C=O) groups is 1. The number of benzene rings is 1. The third-order valence-electron chi connectivity index (χ3n) is 2.50. The number of hydrogen-bond acceptors (Lipinski definition) is 4. The van der Waals surface area contributed by atoms with Crippen LogP contribution in [-0.4, -0.2) is 10.7 Å². The lowest BCUT2D eigenvalue weighted by atomic mass is 10.0. The first-order valence-electron chi connectivity index (χ1n) is 5.19. The SMILES string of the molecule is O=C(Cc1ccccc1[N+](=O)[O-])c1cc(Br)sc1Br. The second-order valence-corrected chi connectivity index (χ2v) is 7.47. The molecule has 0 fully saturated rings. The Labute approximate surface area is 129 Å². The van der Waals surface area contributed by atoms with E-state index in [0.29, 0.717) is 11.1 Å². The molecule has 0 atom stereocenters. The summed E-state index contributed by atoms with van der Waals surface area (Å²) in [7, 11) is 0. The molecule has 4 nitrogen and oxygen atoms in total. The van der Waals surface area contributed by atoms with Gasteiger partial charge < -0.3 is 0 Å². The summed E-state index contributed by atoms with van der Waals surface area (Å²) in [5, 5.41) is 10.9. The van der Waals surface area contributed by atoms with Crippen molar-refractivity contribution in [2.45, 2.75) is 6.42 Å². The summed E-state index contributed by atoms with van der Waals surface area (Å²) in [6, 6.07) is 8.00. The molecule has 19 heavy (non-hydrogen) atoms. The standard InChI is InChI=1S/C12H7Br2NO3S/c13-11-6-8(12(14)19-11)10(16)5-7-3-1-2-4-9(7)15(17)18/h1-4,6H,5H2. The van der Waals surface area contributed by atoms with Crippen molar-refractivity contribution in [3.8, 4) is 0 Å². The summed E-state index contributed by atoms with van der Waals surface area (Å²) in [5.41, 5.74) is 0.933. The highest BCUT2D eigenvalue weighted by atomic mass is 79.9. The zero-order valence-electron chi connectivity index (χ0n) is 9.43. The van der Waals surface area contributed by atoms with Crippen LogP contribution < -0.4 is 0 Å². The van der Waals surface area contributed by atoms with Gasteiger partial charge in [0, 0.05) is 23.6 Å². The first-order chi connectivity index (χ1) is 8.99. The van der Waals surface area contributed by atoms with Crippen molar-refractivity contribution in [2.24, 2.45) is 0 Å². The number of nitro groups is 1. The van der Waals surface area contributed by atoms with E-state index in [1.54, 1.807) is 24.3 Å². The normalized spacial score (nSPS) is 10.4. The van der Waals surface area contributed by atoms with Crippen molar-refractivity contribution in [1.82, 2.24) is 0 Å². The van der Waals surface area contributed by atoms with E-state index in [2.05, 4.69) is 31.9 Å². The summed E-state index contributed by atoms with van der Waals surface area (Å²) in [6.45, 7) is 0. The zero-order chi connectivity index (χ0) is 14.0. The predicted molar refractivity (Wildman–Crippen MR) is 80.8 cm³/mol. The summed E-state index contributed by atoms with van der Waals surface area (Å²) in [5.74, 6) is -0.150. The van der Waals surface area contributed by atoms with Gasteiger partial charge in [0.2, 0.25) is 0 Å². The molecule has 0 aliphatic heterocycles. The number of rotatable bonds is 4. The monoisotopic (exact) mass is 403 g/mol. The Morgan fingerprint density at radius 3 is 2.58 bits per heavy atom. The van der Waals surface area contributed by atoms with Gasteiger partial charge in [-0.3, -0.25) is 14.9 Å². The van der Waals surface area contributed by atoms with Crippen LogP contribution in [0, 0.1) is 10.1 Å². The average Bonchev–Trinajstić information content (AvgIpc) is 2.69. The van der Waals surface area contributed by atoms with Crippen LogP contribution in [0.3, 0.4) is 0 Å². The molecule has 1 heterocycles. The van der Waals surface area contributed by atoms with Gasteiger partial charge in [0.15, 0.2) is 5.78 Å². The summed E-state index contributed by atoms with van der Waals surface area (Å²) >= 11 is 8.01. The lowest BCUT2D eigenvalue weighted by Gasteiger charge is -2.01. The second kappa shape index (κ2) is 5.94. The average molecular weight is 405 g/mol. The van der Waals surface area contributed by atoms with E-state index in [-0.39, 0.29) is 17.9 Å². The summed E-state index contributed by atoms with van der Waals surface area (Å²) in [4.78, 5) is 22.6. The highest BCUT2D eigenvalue weighted by Gasteiger charge is 2.19. The Kier molecular flexibility index (Phi) is 4.49. The van der Waals surface area contributed by atoms with E-state index in [0.717, 1.165) is 7.57 Å². The van der Waals surface area contributed by atoms with Gasteiger partial charge in [-0.25, -0.2) is 0 Å². The maximum atomic E-state index is 12.2. The van der Waals surface area contributed by atoms with Crippen LogP contribution in [0.4, 0.5) is 5.69 Å². The number of nitro benzene ring substituents is 1. The van der Waals surface area contributed by atoms with Gasteiger partial charge in [-0.15, -0.1) is 11.3 Å². The third kappa shape index (κ3) is 3.29. The maximum Gasteiger partial charge on any atom is 0.273 e. The number of Topliss-reactive ketones (excluding diaryl/α,β-unsaturated/α-hetero) is 1. The molecule has 0 saturated carbocycles. The topological polar surface area (TPSA) is 60.2 Å². The van der Waals surface area contributed by atoms with Gasteiger partial charge in [0.05, 0.1) is 12.5 Å². The van der Waals surface area contributed by atoms with Crippen LogP contribution in [0.1, 0.15) is 15.9 Å². The van der Waals surface area contributed by atoms with E-state index in [4.69, 9.17) is 0 Å². The van der Waals surface area contributed by atoms with Gasteiger partial charge >= 0.3 is 0 Å². The van der Waals surface area contributed by atoms with Crippen molar-refractivity contribution in [2.75, 3.05) is 0 Å². The first-order valence-corrected chi connectivity index (χ1v) is 7.59. The number of carbonyl (C=O) groups excluding carboxylic acids is 1. The van der Waals surface area contributed by atoms with Gasteiger partial charge in [0.1, 0.15) is 0 Å². The molecular weight excluding hydrogens is 398 g/mol. The number of hydrogen-bond donors (Lipinski definition) is 0. The smallest absolute Gasteiger partial charge is 0.273 e. The summed E-state index contributed by atoms with van der Waals surface area (Å²) < 4.78 is 1.56. The van der Waals surface area contributed by atoms with Crippen molar-refractivity contribution in [3.05, 3.63) is 59.1 Å². The Morgan fingerprint density at radius 2 is 2.00 bits per heavy atom. The minimum Gasteiger partial charge on any atom is -0.294 e. The van der Waals surface area contributed by atoms with Crippen LogP contribution >= 0.6 is 43.2 Å². The predicted octanol–water partition coefficient (Wildman–Crippen LogP) is 4.61. The van der Waals surface area contributed by atoms with Gasteiger partial charge in [-0.05, 0) is 37.9 Å². The third-order valence-corrected chi connectivity index (χ3v) is 4.84. The molecule has 0 aliphatic rings. The number of nitrogens with zero attached hydrogens (tertiary/aromatic N) is 1. The molecule has 0 N–H and O–H groups in total. The molecule has 1 aromatic heterocycles. The second-order valence-electron chi connectivity index (χ2n) is 3.72. The van der Waals surface area contributed by atoms with Crippen LogP contribution in [0.2, 0.25) is 0 Å². The zero-order valence-corrected chi connectivity index (χ0v) is 13.4. The minimum atomic E-state index is -0.471. The van der Waals surface area contributed by atoms with Gasteiger partial charge in [-0.2, -0.15) is 0 Å². The van der Waals surface area contributed by atoms with Crippen LogP contribution in [0.5, 0.6) is 0 Å². The van der Waals surface area contributed by atoms with E-state index < -0.39 is 4.92 Å². The van der Waals surface area contributed by atoms with Gasteiger partial charge in [-0.1, -0.05) is 18.2 Å². The Morgan fingerprint density at radius 1 is 1.32 bits per heavy atom. The minimum absolute atomic E-state index is 0.0128. The quantitative estimate of drug-likeness (QED) is 0.424. The maximum absolute atomic E-state index is 12.2. The Balaban J connectivity index is 2.29. The van der Waals surface area contributed by atoms with Crippen molar-refractivity contribution in [1.29, 1.82) is 0 Å². The number of para-hydroxylation sites is 1. The molecule has 0 amide bonds. The number of thiophene rings is 1. The highest BCUT2D eigenvalue weighted by molar-refractivity contribution is 9.12. The fraction of sp³-hybridized carbons (Fsp3) is 0.0833. The fourth-order valence-electron chi connectivity index (χ4n) is 1.64. The van der Waals surface area contributed by atoms with Crippen LogP contribution in [0.15, 0.2) is 37.9 Å². The first kappa shape index (κ1) is 14.4. The molecule has 2 aromatic rings. The number of halogens is 2. The highest BCUT2D eigenvalue weighted by Crippen LogP contribution is 2.33. The van der Waals surface area contributed by atoms with Crippen LogP contribution in [0.25, 0.3) is 0 Å². The lowest BCUT2D eigenvalue weighted by Crippen LogP contribution is -2.05. The molecule has 98 valence electrons. The van der Waals surface area contributed by atoms with Crippen molar-refractivity contribution < 1.29 is 9.72 Å². The number of ketones is 1. The molecule has 0 bridgehead atoms. The van der Waals surface area contributed by atoms with E-state index in [1.807, 2.05) is 0 Å². The molecular formula is C12H7Br2NO3S. The molecule has 1 aromatic carbocycles. The van der Waals surface area contributed by atoms with E-state index in [1.165, 1.54) is 17.4 Å². The molecule has 0 aliphatic carbocycles. The van der Waals surface area contributed by atoms with E-state index >= 15 is 0 Å². The molecule has 7 heteroatoms. The lowest BCUT2D eigenvalue weighted by molar-refractivity contribution is -0.385. The molecule has 0 spiro atoms. The molecule has 0 saturated heterocycles. The molecule has 2 rings (SSSR count). The Bertz CT molecular complexity index is 654. The van der Waals surface area contributed by atoms with Crippen molar-refractivity contribution >= 4 is 54.7 Å². The van der Waals surface area contributed by atoms with Gasteiger partial charge in [0.25, 0.3) is 5.69 Å². The summed E-state index contributed by atoms with van der Waals surface area (Å²) in [6.07, 6.45) is 0.0128. The molecule has 0 unspecified atom stereocenters. The fourth-order valence-corrected chi connectivity index (χ4v) is 4.49. The molecule has 0 radical (unpaired) electrons. The van der Waals surface area contributed by atoms with Crippen molar-refractivity contribution in [3.63, 3.8) is 0 Å². The Hall–Kier alpha value is -1.05.